The van der Waals surface area contributed by atoms with Gasteiger partial charge < -0.3 is 28.0 Å². The Morgan fingerprint density at radius 1 is 0.592 bits per heavy atom. The van der Waals surface area contributed by atoms with E-state index >= 15 is 0 Å². The molecule has 0 atom stereocenters. The van der Waals surface area contributed by atoms with Gasteiger partial charge in [-0.2, -0.15) is 0 Å². The van der Waals surface area contributed by atoms with Crippen LogP contribution in [-0.4, -0.2) is 42.6 Å². The predicted octanol–water partition coefficient (Wildman–Crippen LogP) is 6.74. The van der Waals surface area contributed by atoms with E-state index in [-0.39, 0.29) is 58.9 Å². The van der Waals surface area contributed by atoms with Crippen LogP contribution in [0.15, 0.2) is 84.9 Å². The molecule has 256 valence electrons. The number of aryl methyl sites for hydroxylation is 2. The molecule has 0 aliphatic carbocycles. The molecule has 0 aliphatic heterocycles. The topological polar surface area (TPSA) is 161 Å². The third kappa shape index (κ3) is 10.8. The molecule has 0 aromatic heterocycles. The van der Waals surface area contributed by atoms with Crippen LogP contribution in [0.3, 0.4) is 0 Å². The number of phosphoric ester groups is 1. The van der Waals surface area contributed by atoms with Crippen LogP contribution >= 0.6 is 7.82 Å². The van der Waals surface area contributed by atoms with E-state index in [4.69, 9.17) is 28.0 Å². The summed E-state index contributed by atoms with van der Waals surface area (Å²) >= 11 is 0. The number of rotatable bonds is 16. The molecule has 4 aromatic carbocycles. The van der Waals surface area contributed by atoms with Crippen LogP contribution in [0.5, 0.6) is 34.5 Å². The van der Waals surface area contributed by atoms with Gasteiger partial charge in [0.15, 0.2) is 34.6 Å². The summed E-state index contributed by atoms with van der Waals surface area (Å²) in [6.07, 6.45) is 0.941. The Morgan fingerprint density at radius 3 is 1.37 bits per heavy atom. The number of methoxy groups -OCH3 is 2. The minimum Gasteiger partial charge on any atom is -0.493 e. The first kappa shape index (κ1) is 36.4. The largest absolute Gasteiger partial charge is 0.585 e. The number of carbonyl (C=O) groups is 4. The molecule has 0 fully saturated rings. The summed E-state index contributed by atoms with van der Waals surface area (Å²) in [4.78, 5) is 58.6. The van der Waals surface area contributed by atoms with E-state index < -0.39 is 19.8 Å². The fraction of sp³-hybridized carbons (Fsp3) is 0.222. The molecule has 13 heteroatoms. The average molecular weight is 691 g/mol. The SMILES string of the molecule is COc1cc(CCC(=O)c2cccc(OC(C)=O)c2)ccc1OP(=O)(O)Oc1ccc(CCC(=O)c2cccc(OC(C)=O)c2)cc1OC. The van der Waals surface area contributed by atoms with Crippen LogP contribution in [0.4, 0.5) is 0 Å². The second kappa shape index (κ2) is 16.6. The second-order valence-corrected chi connectivity index (χ2v) is 12.0. The number of ether oxygens (including phenoxy) is 4. The number of carbonyl (C=O) groups excluding carboxylic acids is 4. The summed E-state index contributed by atoms with van der Waals surface area (Å²) in [5.74, 6) is -0.601. The number of hydrogen-bond donors (Lipinski definition) is 1. The van der Waals surface area contributed by atoms with Crippen LogP contribution in [-0.2, 0) is 27.0 Å². The molecule has 1 N–H and O–H groups in total. The lowest BCUT2D eigenvalue weighted by molar-refractivity contribution is -0.132. The molecule has 0 saturated heterocycles. The van der Waals surface area contributed by atoms with Gasteiger partial charge in [0, 0.05) is 37.8 Å². The lowest BCUT2D eigenvalue weighted by Gasteiger charge is -2.18. The number of esters is 2. The molecule has 49 heavy (non-hydrogen) atoms. The van der Waals surface area contributed by atoms with E-state index in [0.29, 0.717) is 35.1 Å². The molecule has 12 nitrogen and oxygen atoms in total. The van der Waals surface area contributed by atoms with Gasteiger partial charge in [0.2, 0.25) is 0 Å². The number of benzene rings is 4. The van der Waals surface area contributed by atoms with Crippen molar-refractivity contribution < 1.29 is 56.6 Å². The number of phosphoric acid groups is 1. The highest BCUT2D eigenvalue weighted by atomic mass is 31.2. The molecular weight excluding hydrogens is 655 g/mol. The standard InChI is InChI=1S/C36H35O12P/c1-23(37)45-29-9-5-7-27(21-29)31(39)15-11-25-13-17-33(35(19-25)43-3)47-49(41,42)48-34-18-14-26(20-36(34)44-4)12-16-32(40)28-8-6-10-30(22-28)46-24(2)38/h5-10,13-14,17-22H,11-12,15-16H2,1-4H3,(H,41,42). The van der Waals surface area contributed by atoms with Crippen LogP contribution in [0.25, 0.3) is 0 Å². The Labute approximate surface area is 283 Å². The highest BCUT2D eigenvalue weighted by molar-refractivity contribution is 7.48. The van der Waals surface area contributed by atoms with E-state index in [0.717, 1.165) is 0 Å². The number of Topliss-reactive ketones (excluding diaryl/α,β-unsaturated/α-hetero) is 2. The van der Waals surface area contributed by atoms with Gasteiger partial charge in [-0.3, -0.25) is 24.1 Å². The molecule has 0 saturated carbocycles. The zero-order chi connectivity index (χ0) is 35.6. The van der Waals surface area contributed by atoms with Crippen molar-refractivity contribution in [2.45, 2.75) is 39.5 Å². The summed E-state index contributed by atoms with van der Waals surface area (Å²) in [6.45, 7) is 2.55. The van der Waals surface area contributed by atoms with Crippen molar-refractivity contribution in [3.05, 3.63) is 107 Å². The van der Waals surface area contributed by atoms with Crippen molar-refractivity contribution in [2.75, 3.05) is 14.2 Å². The van der Waals surface area contributed by atoms with Crippen LogP contribution in [0.1, 0.15) is 58.5 Å². The summed E-state index contributed by atoms with van der Waals surface area (Å²) in [5, 5.41) is 0. The first-order chi connectivity index (χ1) is 23.3. The minimum absolute atomic E-state index is 0.0654. The Morgan fingerprint density at radius 2 is 1.00 bits per heavy atom. The molecule has 4 rings (SSSR count). The molecule has 0 aliphatic rings. The maximum absolute atomic E-state index is 13.0. The first-order valence-electron chi connectivity index (χ1n) is 15.0. The van der Waals surface area contributed by atoms with Crippen LogP contribution in [0.2, 0.25) is 0 Å². The van der Waals surface area contributed by atoms with Gasteiger partial charge >= 0.3 is 19.8 Å². The van der Waals surface area contributed by atoms with E-state index in [1.54, 1.807) is 60.7 Å². The predicted molar refractivity (Wildman–Crippen MR) is 178 cm³/mol. The van der Waals surface area contributed by atoms with Gasteiger partial charge in [0.1, 0.15) is 11.5 Å². The lowest BCUT2D eigenvalue weighted by atomic mass is 10.0. The fourth-order valence-corrected chi connectivity index (χ4v) is 5.59. The zero-order valence-electron chi connectivity index (χ0n) is 27.3. The third-order valence-corrected chi connectivity index (χ3v) is 7.85. The molecule has 0 bridgehead atoms. The second-order valence-electron chi connectivity index (χ2n) is 10.7. The van der Waals surface area contributed by atoms with Crippen molar-refractivity contribution in [1.29, 1.82) is 0 Å². The average Bonchev–Trinajstić information content (AvgIpc) is 3.06. The Kier molecular flexibility index (Phi) is 12.3. The lowest BCUT2D eigenvalue weighted by Crippen LogP contribution is -2.05. The fourth-order valence-electron chi connectivity index (χ4n) is 4.76. The number of hydrogen-bond acceptors (Lipinski definition) is 11. The van der Waals surface area contributed by atoms with Gasteiger partial charge in [-0.05, 0) is 72.5 Å². The van der Waals surface area contributed by atoms with Crippen LogP contribution in [0, 0.1) is 0 Å². The van der Waals surface area contributed by atoms with Crippen molar-refractivity contribution in [3.63, 3.8) is 0 Å². The highest BCUT2D eigenvalue weighted by Gasteiger charge is 2.29. The van der Waals surface area contributed by atoms with Crippen molar-refractivity contribution in [1.82, 2.24) is 0 Å². The summed E-state index contributed by atoms with van der Waals surface area (Å²) in [5.41, 5.74) is 2.19. The van der Waals surface area contributed by atoms with Crippen LogP contribution < -0.4 is 28.0 Å². The van der Waals surface area contributed by atoms with Crippen molar-refractivity contribution in [3.8, 4) is 34.5 Å². The van der Waals surface area contributed by atoms with E-state index in [2.05, 4.69) is 0 Å². The summed E-state index contributed by atoms with van der Waals surface area (Å²) in [6, 6.07) is 22.0. The maximum Gasteiger partial charge on any atom is 0.585 e. The monoisotopic (exact) mass is 690 g/mol. The van der Waals surface area contributed by atoms with Gasteiger partial charge in [-0.1, -0.05) is 36.4 Å². The van der Waals surface area contributed by atoms with E-state index in [1.807, 2.05) is 0 Å². The Hall–Kier alpha value is -5.45. The van der Waals surface area contributed by atoms with Gasteiger partial charge in [-0.15, -0.1) is 0 Å². The quantitative estimate of drug-likeness (QED) is 0.0571. The molecular formula is C36H35O12P. The molecule has 0 heterocycles. The Balaban J connectivity index is 1.37. The molecule has 4 aromatic rings. The molecule has 0 unspecified atom stereocenters. The molecule has 0 spiro atoms. The molecule has 0 amide bonds. The third-order valence-electron chi connectivity index (χ3n) is 7.00. The molecule has 0 radical (unpaired) electrons. The highest BCUT2D eigenvalue weighted by Crippen LogP contribution is 2.49. The summed E-state index contributed by atoms with van der Waals surface area (Å²) in [7, 11) is -2.03. The van der Waals surface area contributed by atoms with Crippen molar-refractivity contribution in [2.24, 2.45) is 0 Å². The van der Waals surface area contributed by atoms with Gasteiger partial charge in [0.25, 0.3) is 0 Å². The van der Waals surface area contributed by atoms with E-state index in [9.17, 15) is 28.6 Å². The summed E-state index contributed by atoms with van der Waals surface area (Å²) < 4.78 is 44.5. The van der Waals surface area contributed by atoms with Gasteiger partial charge in [0.05, 0.1) is 14.2 Å². The first-order valence-corrected chi connectivity index (χ1v) is 16.5. The minimum atomic E-state index is -4.76. The zero-order valence-corrected chi connectivity index (χ0v) is 28.2. The van der Waals surface area contributed by atoms with Crippen molar-refractivity contribution >= 4 is 31.3 Å². The Bertz CT molecular complexity index is 1770. The maximum atomic E-state index is 13.0. The number of ketones is 2. The smallest absolute Gasteiger partial charge is 0.493 e. The van der Waals surface area contributed by atoms with Gasteiger partial charge in [-0.25, -0.2) is 4.57 Å². The normalized spacial score (nSPS) is 10.9. The van der Waals surface area contributed by atoms with E-state index in [1.165, 1.54) is 52.3 Å².